The molecule has 0 unspecified atom stereocenters. The van der Waals surface area contributed by atoms with Crippen molar-refractivity contribution in [1.29, 1.82) is 0 Å². The van der Waals surface area contributed by atoms with Crippen LogP contribution in [0.15, 0.2) is 18.2 Å². The van der Waals surface area contributed by atoms with Crippen LogP contribution in [0, 0.1) is 0 Å². The van der Waals surface area contributed by atoms with Crippen molar-refractivity contribution in [2.45, 2.75) is 37.8 Å². The highest BCUT2D eigenvalue weighted by Gasteiger charge is 2.25. The molecule has 1 aliphatic carbocycles. The van der Waals surface area contributed by atoms with E-state index in [4.69, 9.17) is 5.73 Å². The highest BCUT2D eigenvalue weighted by Crippen LogP contribution is 2.21. The number of hydrogen-bond acceptors (Lipinski definition) is 4. The summed E-state index contributed by atoms with van der Waals surface area (Å²) in [5.41, 5.74) is 6.25. The number of aliphatic hydroxyl groups is 1. The number of nitrogens with two attached hydrogens (primary N) is 1. The van der Waals surface area contributed by atoms with Crippen molar-refractivity contribution >= 4 is 11.6 Å². The fourth-order valence-electron chi connectivity index (χ4n) is 2.27. The van der Waals surface area contributed by atoms with Crippen LogP contribution in [0.25, 0.3) is 0 Å². The highest BCUT2D eigenvalue weighted by molar-refractivity contribution is 5.99. The van der Waals surface area contributed by atoms with Gasteiger partial charge in [0, 0.05) is 5.69 Å². The van der Waals surface area contributed by atoms with Crippen molar-refractivity contribution < 1.29 is 15.0 Å². The number of phenols is 1. The first-order valence-corrected chi connectivity index (χ1v) is 6.15. The van der Waals surface area contributed by atoms with Gasteiger partial charge in [0.05, 0.1) is 17.7 Å². The Morgan fingerprint density at radius 2 is 2.06 bits per heavy atom. The standard InChI is InChI=1S/C13H18N2O3/c14-10-6-5-8(16)7-9(10)13(18)15-11-3-1-2-4-12(11)17/h5-7,11-12,16-17H,1-4,14H2,(H,15,18)/t11-,12-/m1/s1. The van der Waals surface area contributed by atoms with Crippen LogP contribution in [0.3, 0.4) is 0 Å². The lowest BCUT2D eigenvalue weighted by atomic mass is 9.92. The Hall–Kier alpha value is -1.75. The Morgan fingerprint density at radius 3 is 2.78 bits per heavy atom. The zero-order valence-corrected chi connectivity index (χ0v) is 10.1. The molecule has 0 spiro atoms. The van der Waals surface area contributed by atoms with Crippen LogP contribution in [0.1, 0.15) is 36.0 Å². The number of carbonyl (C=O) groups excluding carboxylic acids is 1. The number of rotatable bonds is 2. The third-order valence-electron chi connectivity index (χ3n) is 3.33. The number of anilines is 1. The number of amides is 1. The number of carbonyl (C=O) groups is 1. The molecule has 18 heavy (non-hydrogen) atoms. The quantitative estimate of drug-likeness (QED) is 0.465. The number of phenolic OH excluding ortho intramolecular Hbond substituents is 1. The second-order valence-corrected chi connectivity index (χ2v) is 4.70. The molecule has 0 aromatic heterocycles. The van der Waals surface area contributed by atoms with Crippen LogP contribution in [-0.2, 0) is 0 Å². The van der Waals surface area contributed by atoms with Crippen LogP contribution in [-0.4, -0.2) is 28.3 Å². The fraction of sp³-hybridized carbons (Fsp3) is 0.462. The van der Waals surface area contributed by atoms with Crippen molar-refractivity contribution in [2.24, 2.45) is 0 Å². The van der Waals surface area contributed by atoms with E-state index < -0.39 is 6.10 Å². The summed E-state index contributed by atoms with van der Waals surface area (Å²) >= 11 is 0. The van der Waals surface area contributed by atoms with Gasteiger partial charge < -0.3 is 21.3 Å². The van der Waals surface area contributed by atoms with E-state index in [2.05, 4.69) is 5.32 Å². The minimum Gasteiger partial charge on any atom is -0.508 e. The van der Waals surface area contributed by atoms with Gasteiger partial charge in [-0.05, 0) is 31.0 Å². The minimum atomic E-state index is -0.499. The van der Waals surface area contributed by atoms with Crippen molar-refractivity contribution in [3.63, 3.8) is 0 Å². The molecule has 2 atom stereocenters. The third-order valence-corrected chi connectivity index (χ3v) is 3.33. The molecule has 98 valence electrons. The van der Waals surface area contributed by atoms with Gasteiger partial charge in [0.2, 0.25) is 0 Å². The molecule has 5 nitrogen and oxygen atoms in total. The second kappa shape index (κ2) is 5.27. The lowest BCUT2D eigenvalue weighted by Crippen LogP contribution is -2.45. The van der Waals surface area contributed by atoms with E-state index >= 15 is 0 Å². The molecule has 0 aliphatic heterocycles. The molecule has 1 saturated carbocycles. The van der Waals surface area contributed by atoms with E-state index in [0.717, 1.165) is 19.3 Å². The Balaban J connectivity index is 2.09. The van der Waals surface area contributed by atoms with E-state index in [1.54, 1.807) is 0 Å². The molecule has 5 heteroatoms. The SMILES string of the molecule is Nc1ccc(O)cc1C(=O)N[C@@H]1CCCC[C@H]1O. The lowest BCUT2D eigenvalue weighted by molar-refractivity contribution is 0.0717. The predicted molar refractivity (Wildman–Crippen MR) is 68.2 cm³/mol. The van der Waals surface area contributed by atoms with Crippen molar-refractivity contribution in [3.05, 3.63) is 23.8 Å². The smallest absolute Gasteiger partial charge is 0.253 e. The molecular weight excluding hydrogens is 232 g/mol. The number of nitrogen functional groups attached to an aromatic ring is 1. The maximum atomic E-state index is 12.0. The van der Waals surface area contributed by atoms with E-state index in [9.17, 15) is 15.0 Å². The Labute approximate surface area is 106 Å². The number of hydrogen-bond donors (Lipinski definition) is 4. The van der Waals surface area contributed by atoms with Crippen molar-refractivity contribution in [2.75, 3.05) is 5.73 Å². The molecule has 5 N–H and O–H groups in total. The topological polar surface area (TPSA) is 95.6 Å². The van der Waals surface area contributed by atoms with E-state index in [0.29, 0.717) is 12.1 Å². The molecule has 0 heterocycles. The Kier molecular flexibility index (Phi) is 3.72. The van der Waals surface area contributed by atoms with Crippen molar-refractivity contribution in [3.8, 4) is 5.75 Å². The van der Waals surface area contributed by atoms with Crippen LogP contribution >= 0.6 is 0 Å². The maximum absolute atomic E-state index is 12.0. The number of aliphatic hydroxyl groups excluding tert-OH is 1. The van der Waals surface area contributed by atoms with Crippen molar-refractivity contribution in [1.82, 2.24) is 5.32 Å². The van der Waals surface area contributed by atoms with E-state index in [-0.39, 0.29) is 23.3 Å². The first-order valence-electron chi connectivity index (χ1n) is 6.15. The van der Waals surface area contributed by atoms with Gasteiger partial charge >= 0.3 is 0 Å². The zero-order chi connectivity index (χ0) is 13.1. The summed E-state index contributed by atoms with van der Waals surface area (Å²) in [4.78, 5) is 12.0. The Bertz CT molecular complexity index is 448. The van der Waals surface area contributed by atoms with Gasteiger partial charge in [-0.3, -0.25) is 4.79 Å². The molecule has 1 aromatic rings. The molecule has 2 rings (SSSR count). The van der Waals surface area contributed by atoms with Crippen LogP contribution in [0.2, 0.25) is 0 Å². The van der Waals surface area contributed by atoms with Gasteiger partial charge in [0.25, 0.3) is 5.91 Å². The number of nitrogens with one attached hydrogen (secondary N) is 1. The summed E-state index contributed by atoms with van der Waals surface area (Å²) < 4.78 is 0. The molecule has 1 amide bonds. The summed E-state index contributed by atoms with van der Waals surface area (Å²) in [6.45, 7) is 0. The molecule has 1 aromatic carbocycles. The van der Waals surface area contributed by atoms with Gasteiger partial charge in [-0.2, -0.15) is 0 Å². The summed E-state index contributed by atoms with van der Waals surface area (Å²) in [7, 11) is 0. The van der Waals surface area contributed by atoms with Gasteiger partial charge in [-0.15, -0.1) is 0 Å². The first-order chi connectivity index (χ1) is 8.58. The molecule has 0 bridgehead atoms. The highest BCUT2D eigenvalue weighted by atomic mass is 16.3. The largest absolute Gasteiger partial charge is 0.508 e. The van der Waals surface area contributed by atoms with E-state index in [1.165, 1.54) is 18.2 Å². The fourth-order valence-corrected chi connectivity index (χ4v) is 2.27. The predicted octanol–water partition coefficient (Wildman–Crippen LogP) is 1.01. The molecular formula is C13H18N2O3. The van der Waals surface area contributed by atoms with Crippen LogP contribution < -0.4 is 11.1 Å². The summed E-state index contributed by atoms with van der Waals surface area (Å²) in [6.07, 6.45) is 2.96. The van der Waals surface area contributed by atoms with E-state index in [1.807, 2.05) is 0 Å². The minimum absolute atomic E-state index is 0.00135. The van der Waals surface area contributed by atoms with Crippen LogP contribution in [0.4, 0.5) is 5.69 Å². The molecule has 0 saturated heterocycles. The average molecular weight is 250 g/mol. The lowest BCUT2D eigenvalue weighted by Gasteiger charge is -2.28. The third kappa shape index (κ3) is 2.73. The van der Waals surface area contributed by atoms with Gasteiger partial charge in [0.15, 0.2) is 0 Å². The summed E-state index contributed by atoms with van der Waals surface area (Å²) in [6, 6.07) is 4.02. The molecule has 1 fully saturated rings. The number of aromatic hydroxyl groups is 1. The molecule has 0 radical (unpaired) electrons. The summed E-state index contributed by atoms with van der Waals surface area (Å²) in [5.74, 6) is -0.354. The Morgan fingerprint density at radius 1 is 1.33 bits per heavy atom. The van der Waals surface area contributed by atoms with Gasteiger partial charge in [0.1, 0.15) is 5.75 Å². The number of benzene rings is 1. The molecule has 1 aliphatic rings. The monoisotopic (exact) mass is 250 g/mol. The first kappa shape index (κ1) is 12.7. The van der Waals surface area contributed by atoms with Gasteiger partial charge in [-0.25, -0.2) is 0 Å². The average Bonchev–Trinajstić information content (AvgIpc) is 2.35. The zero-order valence-electron chi connectivity index (χ0n) is 10.1. The maximum Gasteiger partial charge on any atom is 0.253 e. The summed E-state index contributed by atoms with van der Waals surface area (Å²) in [5, 5.41) is 21.9. The second-order valence-electron chi connectivity index (χ2n) is 4.70. The van der Waals surface area contributed by atoms with Gasteiger partial charge in [-0.1, -0.05) is 12.8 Å². The van der Waals surface area contributed by atoms with Crippen LogP contribution in [0.5, 0.6) is 5.75 Å². The normalized spacial score (nSPS) is 23.6.